The number of rotatable bonds is 1. The van der Waals surface area contributed by atoms with Crippen LogP contribution in [0.2, 0.25) is 0 Å². The van der Waals surface area contributed by atoms with Crippen molar-refractivity contribution in [2.75, 3.05) is 25.4 Å². The second kappa shape index (κ2) is 4.97. The Labute approximate surface area is 104 Å². The molecule has 2 saturated heterocycles. The molecule has 0 radical (unpaired) electrons. The van der Waals surface area contributed by atoms with Gasteiger partial charge >= 0.3 is 6.18 Å². The fourth-order valence-corrected chi connectivity index (χ4v) is 4.75. The molecule has 0 aromatic carbocycles. The molecule has 0 aromatic heterocycles. The fourth-order valence-electron chi connectivity index (χ4n) is 2.68. The maximum atomic E-state index is 12.9. The lowest BCUT2D eigenvalue weighted by molar-refractivity contribution is -0.189. The van der Waals surface area contributed by atoms with Crippen molar-refractivity contribution in [3.05, 3.63) is 0 Å². The van der Waals surface area contributed by atoms with E-state index in [1.54, 1.807) is 0 Å². The van der Waals surface area contributed by atoms with E-state index >= 15 is 0 Å². The number of hydrogen-bond donors (Lipinski definition) is 1. The molecule has 18 heavy (non-hydrogen) atoms. The van der Waals surface area contributed by atoms with Crippen LogP contribution in [-0.4, -0.2) is 56.3 Å². The normalized spacial score (nSPS) is 34.4. The second-order valence-electron chi connectivity index (χ2n) is 4.82. The summed E-state index contributed by atoms with van der Waals surface area (Å²) in [4.78, 5) is 1.13. The van der Waals surface area contributed by atoms with Crippen molar-refractivity contribution in [1.82, 2.24) is 10.2 Å². The van der Waals surface area contributed by atoms with Gasteiger partial charge in [0.15, 0.2) is 9.84 Å². The van der Waals surface area contributed by atoms with Gasteiger partial charge < -0.3 is 5.32 Å². The molecule has 1 N–H and O–H groups in total. The minimum atomic E-state index is -4.39. The maximum Gasteiger partial charge on any atom is 0.405 e. The minimum absolute atomic E-state index is 0.00612. The van der Waals surface area contributed by atoms with E-state index < -0.39 is 27.4 Å². The van der Waals surface area contributed by atoms with E-state index in [9.17, 15) is 21.6 Å². The van der Waals surface area contributed by atoms with Gasteiger partial charge in [-0.2, -0.15) is 13.2 Å². The molecule has 0 amide bonds. The van der Waals surface area contributed by atoms with Crippen LogP contribution in [0.4, 0.5) is 13.2 Å². The zero-order valence-electron chi connectivity index (χ0n) is 9.91. The van der Waals surface area contributed by atoms with E-state index in [1.165, 1.54) is 0 Å². The average Bonchev–Trinajstić information content (AvgIpc) is 2.27. The summed E-state index contributed by atoms with van der Waals surface area (Å²) in [7, 11) is -3.42. The summed E-state index contributed by atoms with van der Waals surface area (Å²) in [5.41, 5.74) is 0. The highest BCUT2D eigenvalue weighted by Gasteiger charge is 2.49. The monoisotopic (exact) mass is 286 g/mol. The Hall–Kier alpha value is -0.340. The minimum Gasteiger partial charge on any atom is -0.314 e. The highest BCUT2D eigenvalue weighted by molar-refractivity contribution is 7.92. The number of nitrogens with zero attached hydrogens (tertiary/aromatic N) is 1. The van der Waals surface area contributed by atoms with Crippen LogP contribution in [0.25, 0.3) is 0 Å². The van der Waals surface area contributed by atoms with E-state index in [2.05, 4.69) is 5.32 Å². The number of nitrogens with one attached hydrogen (secondary N) is 1. The van der Waals surface area contributed by atoms with Gasteiger partial charge in [-0.05, 0) is 19.3 Å². The van der Waals surface area contributed by atoms with Crippen LogP contribution in [-0.2, 0) is 9.84 Å². The number of sulfone groups is 1. The van der Waals surface area contributed by atoms with Gasteiger partial charge in [0.2, 0.25) is 0 Å². The van der Waals surface area contributed by atoms with E-state index in [1.807, 2.05) is 0 Å². The molecule has 2 heterocycles. The third kappa shape index (κ3) is 2.80. The average molecular weight is 286 g/mol. The van der Waals surface area contributed by atoms with Gasteiger partial charge in [-0.25, -0.2) is 8.42 Å². The molecule has 2 atom stereocenters. The highest BCUT2D eigenvalue weighted by atomic mass is 32.2. The van der Waals surface area contributed by atoms with Gasteiger partial charge in [-0.1, -0.05) is 0 Å². The molecule has 0 aromatic rings. The lowest BCUT2D eigenvalue weighted by atomic mass is 10.1. The van der Waals surface area contributed by atoms with Crippen LogP contribution in [0.3, 0.4) is 0 Å². The summed E-state index contributed by atoms with van der Waals surface area (Å²) >= 11 is 0. The Morgan fingerprint density at radius 1 is 1.22 bits per heavy atom. The number of alkyl halides is 3. The van der Waals surface area contributed by atoms with Gasteiger partial charge in [0.1, 0.15) is 11.4 Å². The Balaban J connectivity index is 2.23. The van der Waals surface area contributed by atoms with Gasteiger partial charge in [0.05, 0.1) is 5.75 Å². The van der Waals surface area contributed by atoms with Crippen LogP contribution >= 0.6 is 0 Å². The molecule has 0 spiro atoms. The molecular weight excluding hydrogens is 269 g/mol. The highest BCUT2D eigenvalue weighted by Crippen LogP contribution is 2.32. The van der Waals surface area contributed by atoms with Gasteiger partial charge in [0, 0.05) is 19.6 Å². The molecule has 2 aliphatic heterocycles. The smallest absolute Gasteiger partial charge is 0.314 e. The van der Waals surface area contributed by atoms with E-state index in [4.69, 9.17) is 0 Å². The summed E-state index contributed by atoms with van der Waals surface area (Å²) in [5, 5.41) is 1.72. The summed E-state index contributed by atoms with van der Waals surface area (Å²) in [6.07, 6.45) is -2.84. The number of hydrogen-bond acceptors (Lipinski definition) is 4. The van der Waals surface area contributed by atoms with Crippen molar-refractivity contribution in [2.24, 2.45) is 0 Å². The lowest BCUT2D eigenvalue weighted by Gasteiger charge is -2.42. The summed E-state index contributed by atoms with van der Waals surface area (Å²) in [6, 6.07) is -1.69. The van der Waals surface area contributed by atoms with Crippen LogP contribution in [0.15, 0.2) is 0 Å². The third-order valence-electron chi connectivity index (χ3n) is 3.58. The predicted molar refractivity (Wildman–Crippen MR) is 60.8 cm³/mol. The topological polar surface area (TPSA) is 49.4 Å². The van der Waals surface area contributed by atoms with Crippen LogP contribution in [0.1, 0.15) is 19.3 Å². The molecule has 0 bridgehead atoms. The lowest BCUT2D eigenvalue weighted by Crippen LogP contribution is -2.62. The summed E-state index contributed by atoms with van der Waals surface area (Å²) in [5.74, 6) is 0.00612. The van der Waals surface area contributed by atoms with Crippen LogP contribution < -0.4 is 5.32 Å². The standard InChI is InChI=1S/C10H17F3N2O2S/c11-10(12,13)8-7-14-4-5-15(8)9-3-1-2-6-18(9,16)17/h8-9,14H,1-7H2. The molecule has 2 fully saturated rings. The van der Waals surface area contributed by atoms with E-state index in [0.29, 0.717) is 25.8 Å². The first-order chi connectivity index (χ1) is 8.32. The molecule has 2 unspecified atom stereocenters. The fraction of sp³-hybridized carbons (Fsp3) is 1.00. The van der Waals surface area contributed by atoms with E-state index in [-0.39, 0.29) is 18.8 Å². The van der Waals surface area contributed by atoms with Crippen molar-refractivity contribution < 1.29 is 21.6 Å². The van der Waals surface area contributed by atoms with Crippen molar-refractivity contribution in [3.63, 3.8) is 0 Å². The van der Waals surface area contributed by atoms with Gasteiger partial charge in [0.25, 0.3) is 0 Å². The van der Waals surface area contributed by atoms with Crippen molar-refractivity contribution >= 4 is 9.84 Å². The Morgan fingerprint density at radius 2 is 1.94 bits per heavy atom. The second-order valence-corrected chi connectivity index (χ2v) is 7.09. The number of piperazine rings is 1. The quantitative estimate of drug-likeness (QED) is 0.773. The first-order valence-electron chi connectivity index (χ1n) is 6.07. The molecule has 0 aliphatic carbocycles. The zero-order chi connectivity index (χ0) is 13.4. The van der Waals surface area contributed by atoms with E-state index in [0.717, 1.165) is 4.90 Å². The first kappa shape index (κ1) is 14.1. The summed E-state index contributed by atoms with van der Waals surface area (Å²) < 4.78 is 62.6. The first-order valence-corrected chi connectivity index (χ1v) is 7.78. The van der Waals surface area contributed by atoms with Gasteiger partial charge in [-0.3, -0.25) is 4.90 Å². The number of halogens is 3. The van der Waals surface area contributed by atoms with Crippen LogP contribution in [0, 0.1) is 0 Å². The molecule has 106 valence electrons. The van der Waals surface area contributed by atoms with Crippen LogP contribution in [0.5, 0.6) is 0 Å². The summed E-state index contributed by atoms with van der Waals surface area (Å²) in [6.45, 7) is 0.308. The Kier molecular flexibility index (Phi) is 3.89. The molecular formula is C10H17F3N2O2S. The molecule has 0 saturated carbocycles. The molecule has 2 aliphatic rings. The predicted octanol–water partition coefficient (Wildman–Crippen LogP) is 0.747. The largest absolute Gasteiger partial charge is 0.405 e. The maximum absolute atomic E-state index is 12.9. The molecule has 2 rings (SSSR count). The van der Waals surface area contributed by atoms with Crippen molar-refractivity contribution in [3.8, 4) is 0 Å². The van der Waals surface area contributed by atoms with Crippen molar-refractivity contribution in [1.29, 1.82) is 0 Å². The molecule has 4 nitrogen and oxygen atoms in total. The van der Waals surface area contributed by atoms with Gasteiger partial charge in [-0.15, -0.1) is 0 Å². The molecule has 8 heteroatoms. The Bertz CT molecular complexity index is 396. The zero-order valence-corrected chi connectivity index (χ0v) is 10.7. The third-order valence-corrected chi connectivity index (χ3v) is 5.77. The Morgan fingerprint density at radius 3 is 2.56 bits per heavy atom. The van der Waals surface area contributed by atoms with Crippen molar-refractivity contribution in [2.45, 2.75) is 36.9 Å². The SMILES string of the molecule is O=S1(=O)CCCCC1N1CCNCC1C(F)(F)F.